The van der Waals surface area contributed by atoms with Gasteiger partial charge in [-0.2, -0.15) is 0 Å². The smallest absolute Gasteiger partial charge is 0.232 e. The van der Waals surface area contributed by atoms with Crippen LogP contribution in [0.1, 0.15) is 6.42 Å². The van der Waals surface area contributed by atoms with E-state index in [1.54, 1.807) is 11.1 Å². The molecular formula is C13H14N4O. The van der Waals surface area contributed by atoms with Crippen molar-refractivity contribution in [1.82, 2.24) is 9.97 Å². The molecule has 1 aromatic carbocycles. The minimum absolute atomic E-state index is 0.0562. The third-order valence-electron chi connectivity index (χ3n) is 3.26. The molecule has 0 aliphatic carbocycles. The molecule has 3 rings (SSSR count). The molecule has 1 aliphatic heterocycles. The van der Waals surface area contributed by atoms with Gasteiger partial charge in [0.2, 0.25) is 11.9 Å². The molecule has 0 radical (unpaired) electrons. The number of nitrogens with two attached hydrogens (primary N) is 1. The van der Waals surface area contributed by atoms with Crippen LogP contribution in [0.5, 0.6) is 0 Å². The maximum Gasteiger partial charge on any atom is 0.232 e. The van der Waals surface area contributed by atoms with E-state index in [4.69, 9.17) is 5.73 Å². The highest BCUT2D eigenvalue weighted by Crippen LogP contribution is 2.22. The molecule has 0 bridgehead atoms. The van der Waals surface area contributed by atoms with Crippen LogP contribution in [-0.4, -0.2) is 29.0 Å². The molecule has 1 atom stereocenters. The van der Waals surface area contributed by atoms with Gasteiger partial charge in [-0.15, -0.1) is 0 Å². The van der Waals surface area contributed by atoms with E-state index in [2.05, 4.69) is 9.97 Å². The Hall–Kier alpha value is -2.01. The topological polar surface area (TPSA) is 72.1 Å². The van der Waals surface area contributed by atoms with Crippen molar-refractivity contribution >= 4 is 22.8 Å². The zero-order valence-corrected chi connectivity index (χ0v) is 9.91. The molecule has 2 aromatic rings. The maximum atomic E-state index is 11.9. The van der Waals surface area contributed by atoms with E-state index < -0.39 is 0 Å². The van der Waals surface area contributed by atoms with E-state index in [-0.39, 0.29) is 11.8 Å². The Morgan fingerprint density at radius 2 is 2.22 bits per heavy atom. The minimum Gasteiger partial charge on any atom is -0.330 e. The van der Waals surface area contributed by atoms with Gasteiger partial charge in [0, 0.05) is 24.5 Å². The Bertz CT molecular complexity index is 598. The number of carbonyl (C=O) groups is 1. The summed E-state index contributed by atoms with van der Waals surface area (Å²) in [5, 5.41) is 0.975. The third-order valence-corrected chi connectivity index (χ3v) is 3.26. The lowest BCUT2D eigenvalue weighted by Gasteiger charge is -2.14. The van der Waals surface area contributed by atoms with Crippen LogP contribution in [-0.2, 0) is 4.79 Å². The first-order valence-corrected chi connectivity index (χ1v) is 6.00. The normalized spacial score (nSPS) is 19.7. The van der Waals surface area contributed by atoms with Crippen LogP contribution in [0.25, 0.3) is 10.9 Å². The molecule has 1 aromatic heterocycles. The van der Waals surface area contributed by atoms with Gasteiger partial charge in [-0.25, -0.2) is 9.97 Å². The van der Waals surface area contributed by atoms with Gasteiger partial charge >= 0.3 is 0 Å². The summed E-state index contributed by atoms with van der Waals surface area (Å²) in [7, 11) is 0. The average molecular weight is 242 g/mol. The lowest BCUT2D eigenvalue weighted by molar-refractivity contribution is -0.117. The van der Waals surface area contributed by atoms with Gasteiger partial charge < -0.3 is 5.73 Å². The van der Waals surface area contributed by atoms with E-state index >= 15 is 0 Å². The number of amides is 1. The van der Waals surface area contributed by atoms with Gasteiger partial charge in [0.1, 0.15) is 0 Å². The molecule has 5 heteroatoms. The van der Waals surface area contributed by atoms with E-state index in [0.717, 1.165) is 10.9 Å². The number of hydrogen-bond acceptors (Lipinski definition) is 4. The summed E-state index contributed by atoms with van der Waals surface area (Å²) in [6.07, 6.45) is 2.24. The number of nitrogens with zero attached hydrogens (tertiary/aromatic N) is 3. The zero-order chi connectivity index (χ0) is 12.5. The molecule has 92 valence electrons. The van der Waals surface area contributed by atoms with Gasteiger partial charge in [-0.3, -0.25) is 9.69 Å². The second-order valence-corrected chi connectivity index (χ2v) is 4.54. The molecule has 2 N–H and O–H groups in total. The molecule has 0 spiro atoms. The second kappa shape index (κ2) is 4.34. The summed E-state index contributed by atoms with van der Waals surface area (Å²) in [6.45, 7) is 1.14. The predicted molar refractivity (Wildman–Crippen MR) is 69.1 cm³/mol. The molecule has 2 heterocycles. The fourth-order valence-electron chi connectivity index (χ4n) is 2.23. The summed E-state index contributed by atoms with van der Waals surface area (Å²) in [6, 6.07) is 7.74. The Morgan fingerprint density at radius 3 is 3.00 bits per heavy atom. The van der Waals surface area contributed by atoms with E-state index in [1.807, 2.05) is 24.3 Å². The number of fused-ring (bicyclic) bond motifs is 1. The van der Waals surface area contributed by atoms with Crippen molar-refractivity contribution in [1.29, 1.82) is 0 Å². The molecule has 5 nitrogen and oxygen atoms in total. The molecule has 1 amide bonds. The number of para-hydroxylation sites is 1. The molecule has 18 heavy (non-hydrogen) atoms. The summed E-state index contributed by atoms with van der Waals surface area (Å²) < 4.78 is 0. The summed E-state index contributed by atoms with van der Waals surface area (Å²) in [5.41, 5.74) is 6.46. The second-order valence-electron chi connectivity index (χ2n) is 4.54. The highest BCUT2D eigenvalue weighted by molar-refractivity contribution is 5.94. The highest BCUT2D eigenvalue weighted by atomic mass is 16.2. The van der Waals surface area contributed by atoms with Crippen molar-refractivity contribution in [2.75, 3.05) is 18.0 Å². The first-order valence-electron chi connectivity index (χ1n) is 6.00. The van der Waals surface area contributed by atoms with Crippen LogP contribution < -0.4 is 10.6 Å². The van der Waals surface area contributed by atoms with Gasteiger partial charge in [0.25, 0.3) is 0 Å². The van der Waals surface area contributed by atoms with Crippen LogP contribution >= 0.6 is 0 Å². The van der Waals surface area contributed by atoms with Gasteiger partial charge in [-0.05, 0) is 18.5 Å². The lowest BCUT2D eigenvalue weighted by atomic mass is 10.1. The molecular weight excluding hydrogens is 228 g/mol. The van der Waals surface area contributed by atoms with Gasteiger partial charge in [0.15, 0.2) is 0 Å². The maximum absolute atomic E-state index is 11.9. The Balaban J connectivity index is 1.97. The average Bonchev–Trinajstić information content (AvgIpc) is 2.79. The van der Waals surface area contributed by atoms with Gasteiger partial charge in [-0.1, -0.05) is 18.2 Å². The van der Waals surface area contributed by atoms with Crippen LogP contribution in [0.4, 0.5) is 5.95 Å². The molecule has 1 unspecified atom stereocenters. The number of hydrogen-bond donors (Lipinski definition) is 1. The monoisotopic (exact) mass is 242 g/mol. The largest absolute Gasteiger partial charge is 0.330 e. The highest BCUT2D eigenvalue weighted by Gasteiger charge is 2.31. The molecule has 1 saturated heterocycles. The summed E-state index contributed by atoms with van der Waals surface area (Å²) >= 11 is 0. The first kappa shape index (κ1) is 11.1. The first-order chi connectivity index (χ1) is 8.78. The van der Waals surface area contributed by atoms with E-state index in [1.165, 1.54) is 0 Å². The SMILES string of the molecule is NCC1CC(=O)N(c2ncc3ccccc3n2)C1. The Morgan fingerprint density at radius 1 is 1.39 bits per heavy atom. The van der Waals surface area contributed by atoms with Crippen molar-refractivity contribution in [2.45, 2.75) is 6.42 Å². The van der Waals surface area contributed by atoms with Crippen molar-refractivity contribution in [3.05, 3.63) is 30.5 Å². The van der Waals surface area contributed by atoms with Crippen molar-refractivity contribution in [3.63, 3.8) is 0 Å². The molecule has 1 fully saturated rings. The van der Waals surface area contributed by atoms with Crippen LogP contribution in [0.15, 0.2) is 30.5 Å². The van der Waals surface area contributed by atoms with E-state index in [0.29, 0.717) is 25.5 Å². The number of carbonyl (C=O) groups excluding carboxylic acids is 1. The fourth-order valence-corrected chi connectivity index (χ4v) is 2.23. The standard InChI is InChI=1S/C13H14N4O/c14-6-9-5-12(18)17(8-9)13-15-7-10-3-1-2-4-11(10)16-13/h1-4,7,9H,5-6,8,14H2. The quantitative estimate of drug-likeness (QED) is 0.850. The fraction of sp³-hybridized carbons (Fsp3) is 0.308. The van der Waals surface area contributed by atoms with Crippen molar-refractivity contribution in [2.24, 2.45) is 11.7 Å². The number of aromatic nitrogens is 2. The summed E-state index contributed by atoms with van der Waals surface area (Å²) in [5.74, 6) is 0.753. The van der Waals surface area contributed by atoms with Gasteiger partial charge in [0.05, 0.1) is 5.52 Å². The lowest BCUT2D eigenvalue weighted by Crippen LogP contribution is -2.27. The zero-order valence-electron chi connectivity index (χ0n) is 9.91. The van der Waals surface area contributed by atoms with E-state index in [9.17, 15) is 4.79 Å². The third kappa shape index (κ3) is 1.82. The van der Waals surface area contributed by atoms with Crippen LogP contribution in [0, 0.1) is 5.92 Å². The number of rotatable bonds is 2. The number of benzene rings is 1. The van der Waals surface area contributed by atoms with Crippen LogP contribution in [0.3, 0.4) is 0 Å². The molecule has 1 aliphatic rings. The summed E-state index contributed by atoms with van der Waals surface area (Å²) in [4.78, 5) is 22.2. The van der Waals surface area contributed by atoms with Crippen LogP contribution in [0.2, 0.25) is 0 Å². The van der Waals surface area contributed by atoms with Crippen molar-refractivity contribution < 1.29 is 4.79 Å². The minimum atomic E-state index is 0.0562. The Labute approximate surface area is 105 Å². The number of anilines is 1. The van der Waals surface area contributed by atoms with Crippen molar-refractivity contribution in [3.8, 4) is 0 Å². The molecule has 0 saturated carbocycles. The predicted octanol–water partition coefficient (Wildman–Crippen LogP) is 0.941. The Kier molecular flexibility index (Phi) is 2.68.